The summed E-state index contributed by atoms with van der Waals surface area (Å²) in [6.45, 7) is 2.26. The second-order valence-electron chi connectivity index (χ2n) is 5.48. The van der Waals surface area contributed by atoms with Gasteiger partial charge in [-0.1, -0.05) is 42.0 Å². The van der Waals surface area contributed by atoms with Crippen LogP contribution in [-0.4, -0.2) is 5.54 Å². The average Bonchev–Trinajstić information content (AvgIpc) is 3.14. The maximum Gasteiger partial charge on any atom is 0.0250 e. The van der Waals surface area contributed by atoms with Crippen LogP contribution in [-0.2, 0) is 0 Å². The van der Waals surface area contributed by atoms with Gasteiger partial charge in [-0.25, -0.2) is 0 Å². The van der Waals surface area contributed by atoms with Gasteiger partial charge < -0.3 is 5.73 Å². The maximum atomic E-state index is 6.40. The molecule has 1 aromatic rings. The molecule has 2 aliphatic carbocycles. The molecule has 2 aliphatic rings. The zero-order valence-corrected chi connectivity index (χ0v) is 9.87. The fourth-order valence-corrected chi connectivity index (χ4v) is 2.96. The SMILES string of the molecule is C/C(=C\c1ccccc1)C1(C2(N)CC2)CC1. The highest BCUT2D eigenvalue weighted by Gasteiger charge is 2.63. The fraction of sp³-hybridized carbons (Fsp3) is 0.467. The molecule has 84 valence electrons. The van der Waals surface area contributed by atoms with Gasteiger partial charge in [0.15, 0.2) is 0 Å². The fourth-order valence-electron chi connectivity index (χ4n) is 2.96. The van der Waals surface area contributed by atoms with E-state index in [0.717, 1.165) is 0 Å². The van der Waals surface area contributed by atoms with Crippen molar-refractivity contribution in [1.29, 1.82) is 0 Å². The lowest BCUT2D eigenvalue weighted by molar-refractivity contribution is 0.446. The lowest BCUT2D eigenvalue weighted by atomic mass is 9.86. The van der Waals surface area contributed by atoms with E-state index in [1.54, 1.807) is 0 Å². The summed E-state index contributed by atoms with van der Waals surface area (Å²) in [6.07, 6.45) is 7.33. The molecule has 0 spiro atoms. The first-order valence-corrected chi connectivity index (χ1v) is 6.19. The Labute approximate surface area is 97.4 Å². The van der Waals surface area contributed by atoms with Crippen molar-refractivity contribution in [3.05, 3.63) is 41.5 Å². The van der Waals surface area contributed by atoms with Gasteiger partial charge in [-0.2, -0.15) is 0 Å². The first-order valence-electron chi connectivity index (χ1n) is 6.19. The summed E-state index contributed by atoms with van der Waals surface area (Å²) in [7, 11) is 0. The Morgan fingerprint density at radius 2 is 1.75 bits per heavy atom. The van der Waals surface area contributed by atoms with E-state index in [2.05, 4.69) is 43.3 Å². The number of nitrogens with two attached hydrogens (primary N) is 1. The molecular weight excluding hydrogens is 194 g/mol. The minimum absolute atomic E-state index is 0.141. The van der Waals surface area contributed by atoms with E-state index in [1.165, 1.54) is 36.8 Å². The summed E-state index contributed by atoms with van der Waals surface area (Å²) in [5, 5.41) is 0. The van der Waals surface area contributed by atoms with Crippen molar-refractivity contribution in [2.75, 3.05) is 0 Å². The van der Waals surface area contributed by atoms with E-state index in [0.29, 0.717) is 5.41 Å². The van der Waals surface area contributed by atoms with Crippen molar-refractivity contribution >= 4 is 6.08 Å². The number of benzene rings is 1. The summed E-state index contributed by atoms with van der Waals surface area (Å²) < 4.78 is 0. The Bertz CT molecular complexity index is 422. The largest absolute Gasteiger partial charge is 0.324 e. The summed E-state index contributed by atoms with van der Waals surface area (Å²) in [5.41, 5.74) is 9.68. The standard InChI is InChI=1S/C15H19N/c1-12(11-13-5-3-2-4-6-13)14(7-8-14)15(16)9-10-15/h2-6,11H,7-10,16H2,1H3/b12-11+. The molecule has 0 unspecified atom stereocenters. The first-order chi connectivity index (χ1) is 7.66. The van der Waals surface area contributed by atoms with Crippen LogP contribution in [0.5, 0.6) is 0 Å². The summed E-state index contributed by atoms with van der Waals surface area (Å²) >= 11 is 0. The second kappa shape index (κ2) is 3.21. The van der Waals surface area contributed by atoms with Gasteiger partial charge in [-0.3, -0.25) is 0 Å². The molecule has 0 bridgehead atoms. The lowest BCUT2D eigenvalue weighted by Gasteiger charge is -2.24. The molecule has 1 heteroatoms. The summed E-state index contributed by atoms with van der Waals surface area (Å²) in [6, 6.07) is 10.6. The molecule has 0 heterocycles. The molecule has 0 atom stereocenters. The average molecular weight is 213 g/mol. The van der Waals surface area contributed by atoms with Gasteiger partial charge in [0.05, 0.1) is 0 Å². The van der Waals surface area contributed by atoms with Gasteiger partial charge in [0.1, 0.15) is 0 Å². The quantitative estimate of drug-likeness (QED) is 0.818. The molecule has 2 saturated carbocycles. The molecule has 1 nitrogen and oxygen atoms in total. The minimum Gasteiger partial charge on any atom is -0.324 e. The van der Waals surface area contributed by atoms with Gasteiger partial charge in [-0.15, -0.1) is 0 Å². The Morgan fingerprint density at radius 3 is 2.25 bits per heavy atom. The van der Waals surface area contributed by atoms with Gasteiger partial charge in [-0.05, 0) is 38.2 Å². The number of rotatable bonds is 3. The molecule has 0 radical (unpaired) electrons. The highest BCUT2D eigenvalue weighted by molar-refractivity contribution is 5.56. The normalized spacial score (nSPS) is 25.2. The van der Waals surface area contributed by atoms with Crippen LogP contribution in [0.15, 0.2) is 35.9 Å². The van der Waals surface area contributed by atoms with E-state index in [4.69, 9.17) is 5.73 Å². The molecule has 2 fully saturated rings. The van der Waals surface area contributed by atoms with E-state index in [1.807, 2.05) is 0 Å². The van der Waals surface area contributed by atoms with Crippen molar-refractivity contribution < 1.29 is 0 Å². The molecule has 2 N–H and O–H groups in total. The molecule has 0 saturated heterocycles. The summed E-state index contributed by atoms with van der Waals surface area (Å²) in [4.78, 5) is 0. The molecule has 3 rings (SSSR count). The number of hydrogen-bond donors (Lipinski definition) is 1. The molecule has 16 heavy (non-hydrogen) atoms. The highest BCUT2D eigenvalue weighted by atomic mass is 14.9. The molecule has 0 aromatic heterocycles. The Balaban J connectivity index is 1.88. The maximum absolute atomic E-state index is 6.40. The molecule has 0 amide bonds. The molecule has 0 aliphatic heterocycles. The van der Waals surface area contributed by atoms with Crippen molar-refractivity contribution in [2.24, 2.45) is 11.1 Å². The Morgan fingerprint density at radius 1 is 1.12 bits per heavy atom. The van der Waals surface area contributed by atoms with E-state index >= 15 is 0 Å². The zero-order chi connectivity index (χ0) is 11.2. The van der Waals surface area contributed by atoms with Gasteiger partial charge in [0.2, 0.25) is 0 Å². The third-order valence-electron chi connectivity index (χ3n) is 4.43. The second-order valence-corrected chi connectivity index (χ2v) is 5.48. The first kappa shape index (κ1) is 10.1. The smallest absolute Gasteiger partial charge is 0.0250 e. The van der Waals surface area contributed by atoms with Crippen LogP contribution in [0.1, 0.15) is 38.2 Å². The van der Waals surface area contributed by atoms with Crippen LogP contribution in [0.2, 0.25) is 0 Å². The van der Waals surface area contributed by atoms with Crippen molar-refractivity contribution in [1.82, 2.24) is 0 Å². The predicted molar refractivity (Wildman–Crippen MR) is 67.9 cm³/mol. The van der Waals surface area contributed by atoms with E-state index < -0.39 is 0 Å². The van der Waals surface area contributed by atoms with Crippen molar-refractivity contribution in [2.45, 2.75) is 38.1 Å². The van der Waals surface area contributed by atoms with Crippen LogP contribution in [0.4, 0.5) is 0 Å². The molecular formula is C15H19N. The minimum atomic E-state index is 0.141. The van der Waals surface area contributed by atoms with Gasteiger partial charge in [0, 0.05) is 11.0 Å². The van der Waals surface area contributed by atoms with Crippen LogP contribution in [0.3, 0.4) is 0 Å². The van der Waals surface area contributed by atoms with Gasteiger partial charge >= 0.3 is 0 Å². The summed E-state index contributed by atoms with van der Waals surface area (Å²) in [5.74, 6) is 0. The zero-order valence-electron chi connectivity index (χ0n) is 9.87. The van der Waals surface area contributed by atoms with Crippen molar-refractivity contribution in [3.63, 3.8) is 0 Å². The van der Waals surface area contributed by atoms with E-state index in [9.17, 15) is 0 Å². The van der Waals surface area contributed by atoms with Crippen LogP contribution in [0, 0.1) is 5.41 Å². The van der Waals surface area contributed by atoms with Crippen LogP contribution >= 0.6 is 0 Å². The lowest BCUT2D eigenvalue weighted by Crippen LogP contribution is -2.34. The van der Waals surface area contributed by atoms with E-state index in [-0.39, 0.29) is 5.54 Å². The number of hydrogen-bond acceptors (Lipinski definition) is 1. The Kier molecular flexibility index (Phi) is 2.02. The highest BCUT2D eigenvalue weighted by Crippen LogP contribution is 2.66. The Hall–Kier alpha value is -1.08. The topological polar surface area (TPSA) is 26.0 Å². The predicted octanol–water partition coefficient (Wildman–Crippen LogP) is 3.36. The monoisotopic (exact) mass is 213 g/mol. The van der Waals surface area contributed by atoms with Crippen LogP contribution < -0.4 is 5.73 Å². The van der Waals surface area contributed by atoms with Gasteiger partial charge in [0.25, 0.3) is 0 Å². The third-order valence-corrected chi connectivity index (χ3v) is 4.43. The molecule has 1 aromatic carbocycles. The third kappa shape index (κ3) is 1.42. The van der Waals surface area contributed by atoms with Crippen LogP contribution in [0.25, 0.3) is 6.08 Å². The van der Waals surface area contributed by atoms with Crippen molar-refractivity contribution in [3.8, 4) is 0 Å².